The Kier molecular flexibility index (Phi) is 4.02. The van der Waals surface area contributed by atoms with Crippen LogP contribution in [0.5, 0.6) is 0 Å². The summed E-state index contributed by atoms with van der Waals surface area (Å²) in [6.45, 7) is 1.96. The van der Waals surface area contributed by atoms with Crippen LogP contribution in [0, 0.1) is 23.1 Å². The second-order valence-electron chi connectivity index (χ2n) is 4.79. The molecule has 3 rings (SSSR count). The van der Waals surface area contributed by atoms with Gasteiger partial charge in [-0.05, 0) is 17.7 Å². The minimum absolute atomic E-state index is 0.0525. The van der Waals surface area contributed by atoms with E-state index in [9.17, 15) is 10.1 Å². The van der Waals surface area contributed by atoms with Crippen molar-refractivity contribution < 1.29 is 9.92 Å². The number of hydrogen-bond acceptors (Lipinski definition) is 5. The predicted octanol–water partition coefficient (Wildman–Crippen LogP) is 3.82. The number of fused-ring (bicyclic) bond motifs is 1. The molecule has 1 radical (unpaired) electrons. The summed E-state index contributed by atoms with van der Waals surface area (Å²) in [7, 11) is 0. The van der Waals surface area contributed by atoms with E-state index in [4.69, 9.17) is 0 Å². The topological polar surface area (TPSA) is 65.3 Å². The molecule has 0 saturated carbocycles. The minimum atomic E-state index is -0.769. The third kappa shape index (κ3) is 3.07. The van der Waals surface area contributed by atoms with Crippen LogP contribution in [-0.2, 0) is 11.3 Å². The van der Waals surface area contributed by atoms with E-state index in [-0.39, 0.29) is 6.61 Å². The standard InChI is InChI=1S/C16H13N2O3S/c1-11-15(8-9-21-18(19)20)22-16(17-11)14-7-6-12-4-2-3-5-13(12)10-14/h2-7H,8-9H2,1H3. The predicted molar refractivity (Wildman–Crippen MR) is 85.3 cm³/mol. The lowest BCUT2D eigenvalue weighted by atomic mass is 10.1. The first kappa shape index (κ1) is 14.5. The van der Waals surface area contributed by atoms with Crippen molar-refractivity contribution in [3.63, 3.8) is 0 Å². The van der Waals surface area contributed by atoms with Crippen LogP contribution in [0.1, 0.15) is 10.6 Å². The first-order valence-electron chi connectivity index (χ1n) is 6.78. The van der Waals surface area contributed by atoms with Crippen LogP contribution in [0.15, 0.2) is 36.4 Å². The molecule has 6 heteroatoms. The van der Waals surface area contributed by atoms with Gasteiger partial charge >= 0.3 is 0 Å². The number of rotatable bonds is 5. The van der Waals surface area contributed by atoms with E-state index in [0.717, 1.165) is 31.9 Å². The zero-order valence-corrected chi connectivity index (χ0v) is 12.7. The normalized spacial score (nSPS) is 10.8. The van der Waals surface area contributed by atoms with Crippen molar-refractivity contribution in [1.82, 2.24) is 4.98 Å². The van der Waals surface area contributed by atoms with Crippen molar-refractivity contribution in [2.45, 2.75) is 13.3 Å². The fourth-order valence-corrected chi connectivity index (χ4v) is 3.25. The van der Waals surface area contributed by atoms with Crippen molar-refractivity contribution in [3.8, 4) is 10.6 Å². The maximum atomic E-state index is 10.2. The number of benzene rings is 2. The molecule has 2 aromatic carbocycles. The van der Waals surface area contributed by atoms with Crippen molar-refractivity contribution in [3.05, 3.63) is 63.1 Å². The van der Waals surface area contributed by atoms with Gasteiger partial charge in [0.25, 0.3) is 5.09 Å². The summed E-state index contributed by atoms with van der Waals surface area (Å²) in [5, 5.41) is 12.5. The van der Waals surface area contributed by atoms with Crippen LogP contribution in [-0.4, -0.2) is 16.7 Å². The van der Waals surface area contributed by atoms with Gasteiger partial charge in [0.2, 0.25) is 0 Å². The first-order chi connectivity index (χ1) is 10.6. The summed E-state index contributed by atoms with van der Waals surface area (Å²) in [5.41, 5.74) is 1.82. The van der Waals surface area contributed by atoms with Crippen molar-refractivity contribution in [2.24, 2.45) is 0 Å². The van der Waals surface area contributed by atoms with Gasteiger partial charge in [-0.25, -0.2) is 4.98 Å². The van der Waals surface area contributed by atoms with Crippen LogP contribution in [0.4, 0.5) is 0 Å². The molecule has 22 heavy (non-hydrogen) atoms. The highest BCUT2D eigenvalue weighted by Crippen LogP contribution is 2.30. The number of nitrogens with zero attached hydrogens (tertiary/aromatic N) is 2. The maximum Gasteiger partial charge on any atom is 0.294 e. The molecular formula is C16H13N2O3S. The van der Waals surface area contributed by atoms with Gasteiger partial charge in [-0.15, -0.1) is 21.5 Å². The van der Waals surface area contributed by atoms with Gasteiger partial charge in [0.15, 0.2) is 0 Å². The fraction of sp³-hybridized carbons (Fsp3) is 0.188. The monoisotopic (exact) mass is 313 g/mol. The Morgan fingerprint density at radius 3 is 2.95 bits per heavy atom. The number of aryl methyl sites for hydroxylation is 1. The molecule has 0 N–H and O–H groups in total. The molecule has 1 heterocycles. The average molecular weight is 313 g/mol. The molecule has 0 fully saturated rings. The summed E-state index contributed by atoms with van der Waals surface area (Å²) < 4.78 is 0. The Morgan fingerprint density at radius 2 is 2.14 bits per heavy atom. The molecule has 0 aliphatic heterocycles. The Labute approximate surface area is 131 Å². The number of aromatic nitrogens is 1. The van der Waals surface area contributed by atoms with Gasteiger partial charge in [-0.2, -0.15) is 0 Å². The number of thiazole rings is 1. The SMILES string of the molecule is Cc1nc(-c2[c]c3ccccc3cc2)sc1CCO[N+](=O)[O-]. The summed E-state index contributed by atoms with van der Waals surface area (Å²) >= 11 is 1.53. The van der Waals surface area contributed by atoms with E-state index in [1.54, 1.807) is 0 Å². The van der Waals surface area contributed by atoms with E-state index < -0.39 is 5.09 Å². The zero-order chi connectivity index (χ0) is 15.5. The third-order valence-electron chi connectivity index (χ3n) is 3.31. The lowest BCUT2D eigenvalue weighted by Crippen LogP contribution is -2.04. The Hall–Kier alpha value is -2.47. The van der Waals surface area contributed by atoms with Crippen molar-refractivity contribution >= 4 is 22.1 Å². The molecule has 0 unspecified atom stereocenters. The molecule has 0 saturated heterocycles. The highest BCUT2D eigenvalue weighted by Gasteiger charge is 2.10. The molecule has 111 valence electrons. The first-order valence-corrected chi connectivity index (χ1v) is 7.60. The molecule has 0 aliphatic carbocycles. The lowest BCUT2D eigenvalue weighted by Gasteiger charge is -1.99. The third-order valence-corrected chi connectivity index (χ3v) is 4.56. The molecule has 0 atom stereocenters. The highest BCUT2D eigenvalue weighted by molar-refractivity contribution is 7.15. The van der Waals surface area contributed by atoms with Gasteiger partial charge in [0.1, 0.15) is 11.6 Å². The van der Waals surface area contributed by atoms with E-state index in [0.29, 0.717) is 6.42 Å². The van der Waals surface area contributed by atoms with E-state index >= 15 is 0 Å². The van der Waals surface area contributed by atoms with E-state index in [1.807, 2.05) is 43.3 Å². The lowest BCUT2D eigenvalue weighted by molar-refractivity contribution is -0.757. The Balaban J connectivity index is 1.85. The highest BCUT2D eigenvalue weighted by atomic mass is 32.1. The summed E-state index contributed by atoms with van der Waals surface area (Å²) in [6, 6.07) is 15.5. The smallest absolute Gasteiger partial charge is 0.294 e. The van der Waals surface area contributed by atoms with Crippen LogP contribution in [0.25, 0.3) is 21.3 Å². The molecular weight excluding hydrogens is 300 g/mol. The largest absolute Gasteiger partial charge is 0.314 e. The number of hydrogen-bond donors (Lipinski definition) is 0. The van der Waals surface area contributed by atoms with Crippen LogP contribution in [0.2, 0.25) is 0 Å². The molecule has 0 aliphatic rings. The Bertz CT molecular complexity index is 829. The Morgan fingerprint density at radius 1 is 1.32 bits per heavy atom. The summed E-state index contributed by atoms with van der Waals surface area (Å²) in [4.78, 5) is 20.1. The molecule has 0 amide bonds. The van der Waals surface area contributed by atoms with Gasteiger partial charge < -0.3 is 4.84 Å². The summed E-state index contributed by atoms with van der Waals surface area (Å²) in [5.74, 6) is 0. The molecule has 0 bridgehead atoms. The molecule has 5 nitrogen and oxygen atoms in total. The zero-order valence-electron chi connectivity index (χ0n) is 11.9. The maximum absolute atomic E-state index is 10.2. The van der Waals surface area contributed by atoms with Gasteiger partial charge in [0.05, 0.1) is 5.69 Å². The second-order valence-corrected chi connectivity index (χ2v) is 5.88. The molecule has 3 aromatic rings. The van der Waals surface area contributed by atoms with Gasteiger partial charge in [-0.1, -0.05) is 36.4 Å². The minimum Gasteiger partial charge on any atom is -0.314 e. The fourth-order valence-electron chi connectivity index (χ4n) is 2.23. The van der Waals surface area contributed by atoms with Crippen molar-refractivity contribution in [1.29, 1.82) is 0 Å². The van der Waals surface area contributed by atoms with Gasteiger partial charge in [-0.3, -0.25) is 0 Å². The molecule has 0 spiro atoms. The average Bonchev–Trinajstić information content (AvgIpc) is 2.88. The second kappa shape index (κ2) is 6.11. The van der Waals surface area contributed by atoms with Crippen LogP contribution in [0.3, 0.4) is 0 Å². The molecule has 1 aromatic heterocycles. The van der Waals surface area contributed by atoms with E-state index in [1.165, 1.54) is 11.3 Å². The van der Waals surface area contributed by atoms with Crippen LogP contribution >= 0.6 is 11.3 Å². The van der Waals surface area contributed by atoms with Crippen LogP contribution < -0.4 is 0 Å². The van der Waals surface area contributed by atoms with Gasteiger partial charge in [0, 0.05) is 22.9 Å². The quantitative estimate of drug-likeness (QED) is 0.530. The van der Waals surface area contributed by atoms with E-state index in [2.05, 4.69) is 15.9 Å². The van der Waals surface area contributed by atoms with Crippen molar-refractivity contribution in [2.75, 3.05) is 6.61 Å². The summed E-state index contributed by atoms with van der Waals surface area (Å²) in [6.07, 6.45) is 0.484.